The van der Waals surface area contributed by atoms with Crippen LogP contribution in [0, 0.1) is 5.92 Å². The maximum atomic E-state index is 12.5. The lowest BCUT2D eigenvalue weighted by Gasteiger charge is -2.36. The molecule has 0 radical (unpaired) electrons. The van der Waals surface area contributed by atoms with E-state index in [9.17, 15) is 9.59 Å². The number of benzene rings is 1. The summed E-state index contributed by atoms with van der Waals surface area (Å²) in [5.74, 6) is 0.240. The molecule has 1 amide bonds. The zero-order valence-corrected chi connectivity index (χ0v) is 17.7. The average molecular weight is 413 g/mol. The molecule has 0 saturated carbocycles. The van der Waals surface area contributed by atoms with Gasteiger partial charge in [0.25, 0.3) is 5.91 Å². The number of amides is 1. The fourth-order valence-corrected chi connectivity index (χ4v) is 5.29. The number of fused-ring (bicyclic) bond motifs is 1. The Kier molecular flexibility index (Phi) is 6.19. The molecule has 2 aromatic rings. The van der Waals surface area contributed by atoms with Crippen molar-refractivity contribution in [3.63, 3.8) is 0 Å². The molecule has 5 nitrogen and oxygen atoms in total. The van der Waals surface area contributed by atoms with Gasteiger partial charge in [-0.15, -0.1) is 11.3 Å². The highest BCUT2D eigenvalue weighted by atomic mass is 32.1. The van der Waals surface area contributed by atoms with Crippen LogP contribution in [0.2, 0.25) is 0 Å². The normalized spacial score (nSPS) is 19.0. The molecule has 1 aromatic carbocycles. The van der Waals surface area contributed by atoms with E-state index in [0.29, 0.717) is 18.0 Å². The maximum Gasteiger partial charge on any atom is 0.348 e. The van der Waals surface area contributed by atoms with Gasteiger partial charge < -0.3 is 14.5 Å². The molecule has 1 aliphatic heterocycles. The molecule has 154 valence electrons. The van der Waals surface area contributed by atoms with Crippen LogP contribution in [-0.2, 0) is 22.4 Å². The van der Waals surface area contributed by atoms with Crippen molar-refractivity contribution in [1.29, 1.82) is 0 Å². The fraction of sp³-hybridized carbons (Fsp3) is 0.478. The van der Waals surface area contributed by atoms with E-state index in [4.69, 9.17) is 4.74 Å². The molecule has 1 saturated heterocycles. The number of aryl methyl sites for hydroxylation is 1. The van der Waals surface area contributed by atoms with Crippen molar-refractivity contribution in [2.45, 2.75) is 32.6 Å². The number of nitrogens with zero attached hydrogens (tertiary/aromatic N) is 2. The van der Waals surface area contributed by atoms with Crippen LogP contribution in [0.3, 0.4) is 0 Å². The summed E-state index contributed by atoms with van der Waals surface area (Å²) in [7, 11) is 0. The third-order valence-electron chi connectivity index (χ3n) is 6.04. The lowest BCUT2D eigenvalue weighted by atomic mass is 9.87. The second-order valence-corrected chi connectivity index (χ2v) is 8.99. The summed E-state index contributed by atoms with van der Waals surface area (Å²) in [6.45, 7) is 4.93. The van der Waals surface area contributed by atoms with E-state index in [2.05, 4.69) is 24.0 Å². The lowest BCUT2D eigenvalue weighted by Crippen LogP contribution is -2.49. The van der Waals surface area contributed by atoms with Gasteiger partial charge in [-0.1, -0.05) is 31.5 Å². The molecule has 2 aliphatic rings. The third-order valence-corrected chi connectivity index (χ3v) is 7.26. The van der Waals surface area contributed by atoms with E-state index >= 15 is 0 Å². The molecule has 4 rings (SSSR count). The van der Waals surface area contributed by atoms with Crippen molar-refractivity contribution in [2.24, 2.45) is 5.92 Å². The average Bonchev–Trinajstić information content (AvgIpc) is 3.21. The smallest absolute Gasteiger partial charge is 0.348 e. The van der Waals surface area contributed by atoms with E-state index < -0.39 is 0 Å². The minimum atomic E-state index is -0.367. The molecule has 1 fully saturated rings. The van der Waals surface area contributed by atoms with Crippen LogP contribution in [0.15, 0.2) is 36.4 Å². The Morgan fingerprint density at radius 2 is 1.90 bits per heavy atom. The minimum absolute atomic E-state index is 0.113. The summed E-state index contributed by atoms with van der Waals surface area (Å²) in [6.07, 6.45) is 4.49. The second kappa shape index (κ2) is 8.99. The monoisotopic (exact) mass is 412 g/mol. The number of piperazine rings is 1. The highest BCUT2D eigenvalue weighted by Crippen LogP contribution is 2.33. The van der Waals surface area contributed by atoms with E-state index in [0.717, 1.165) is 31.8 Å². The van der Waals surface area contributed by atoms with Crippen molar-refractivity contribution < 1.29 is 14.3 Å². The lowest BCUT2D eigenvalue weighted by molar-refractivity contribution is -0.134. The van der Waals surface area contributed by atoms with Crippen LogP contribution in [-0.4, -0.2) is 49.6 Å². The Morgan fingerprint density at radius 1 is 1.14 bits per heavy atom. The van der Waals surface area contributed by atoms with E-state index in [-0.39, 0.29) is 18.5 Å². The zero-order valence-electron chi connectivity index (χ0n) is 16.9. The molecular formula is C23H28N2O3S. The number of rotatable bonds is 5. The summed E-state index contributed by atoms with van der Waals surface area (Å²) in [5.41, 5.74) is 2.47. The zero-order chi connectivity index (χ0) is 20.2. The number of ether oxygens (including phenoxy) is 1. The van der Waals surface area contributed by atoms with Crippen molar-refractivity contribution in [2.75, 3.05) is 37.7 Å². The predicted octanol–water partition coefficient (Wildman–Crippen LogP) is 3.77. The summed E-state index contributed by atoms with van der Waals surface area (Å²) in [4.78, 5) is 30.9. The van der Waals surface area contributed by atoms with Gasteiger partial charge in [0.05, 0.1) is 0 Å². The summed E-state index contributed by atoms with van der Waals surface area (Å²) in [6, 6.07) is 12.2. The van der Waals surface area contributed by atoms with Crippen molar-refractivity contribution in [3.05, 3.63) is 51.7 Å². The first kappa shape index (κ1) is 20.0. The van der Waals surface area contributed by atoms with Gasteiger partial charge in [-0.2, -0.15) is 0 Å². The van der Waals surface area contributed by atoms with Gasteiger partial charge in [0.1, 0.15) is 4.88 Å². The summed E-state index contributed by atoms with van der Waals surface area (Å²) >= 11 is 1.54. The van der Waals surface area contributed by atoms with Gasteiger partial charge >= 0.3 is 5.97 Å². The van der Waals surface area contributed by atoms with Crippen LogP contribution in [0.4, 0.5) is 5.69 Å². The third kappa shape index (κ3) is 4.64. The molecule has 1 atom stereocenters. The van der Waals surface area contributed by atoms with Crippen LogP contribution < -0.4 is 4.90 Å². The number of hydrogen-bond donors (Lipinski definition) is 0. The van der Waals surface area contributed by atoms with Gasteiger partial charge in [0, 0.05) is 36.7 Å². The van der Waals surface area contributed by atoms with Gasteiger partial charge in [-0.25, -0.2) is 4.79 Å². The van der Waals surface area contributed by atoms with Crippen molar-refractivity contribution in [1.82, 2.24) is 4.90 Å². The van der Waals surface area contributed by atoms with Crippen LogP contribution in [0.1, 0.15) is 39.9 Å². The molecule has 1 aromatic heterocycles. The molecule has 1 aliphatic carbocycles. The SMILES string of the molecule is CC[C@@H]1CCc2sc(C(=O)OCC(=O)N3CCN(c4ccccc4)CC3)cc2C1. The number of anilines is 1. The number of carbonyl (C=O) groups excluding carboxylic acids is 2. The molecule has 0 N–H and O–H groups in total. The maximum absolute atomic E-state index is 12.5. The van der Waals surface area contributed by atoms with Crippen molar-refractivity contribution >= 4 is 28.9 Å². The van der Waals surface area contributed by atoms with Crippen LogP contribution >= 0.6 is 11.3 Å². The van der Waals surface area contributed by atoms with E-state index in [1.165, 1.54) is 40.3 Å². The Labute approximate surface area is 176 Å². The number of esters is 1. The van der Waals surface area contributed by atoms with Gasteiger partial charge in [-0.05, 0) is 48.9 Å². The van der Waals surface area contributed by atoms with Gasteiger partial charge in [0.2, 0.25) is 0 Å². The summed E-state index contributed by atoms with van der Waals surface area (Å²) < 4.78 is 5.35. The first-order chi connectivity index (χ1) is 14.1. The molecule has 0 unspecified atom stereocenters. The molecule has 0 spiro atoms. The van der Waals surface area contributed by atoms with E-state index in [1.54, 1.807) is 4.90 Å². The highest BCUT2D eigenvalue weighted by Gasteiger charge is 2.25. The summed E-state index contributed by atoms with van der Waals surface area (Å²) in [5, 5.41) is 0. The quantitative estimate of drug-likeness (QED) is 0.702. The molecule has 0 bridgehead atoms. The van der Waals surface area contributed by atoms with Crippen LogP contribution in [0.5, 0.6) is 0 Å². The minimum Gasteiger partial charge on any atom is -0.451 e. The number of carbonyl (C=O) groups is 2. The number of hydrogen-bond acceptors (Lipinski definition) is 5. The Morgan fingerprint density at radius 3 is 2.62 bits per heavy atom. The Bertz CT molecular complexity index is 856. The first-order valence-corrected chi connectivity index (χ1v) is 11.3. The molecule has 29 heavy (non-hydrogen) atoms. The molecular weight excluding hydrogens is 384 g/mol. The van der Waals surface area contributed by atoms with Crippen LogP contribution in [0.25, 0.3) is 0 Å². The molecule has 6 heteroatoms. The van der Waals surface area contributed by atoms with Gasteiger partial charge in [0.15, 0.2) is 6.61 Å². The Balaban J connectivity index is 1.26. The largest absolute Gasteiger partial charge is 0.451 e. The van der Waals surface area contributed by atoms with Gasteiger partial charge in [-0.3, -0.25) is 4.79 Å². The van der Waals surface area contributed by atoms with E-state index in [1.807, 2.05) is 24.3 Å². The topological polar surface area (TPSA) is 49.9 Å². The van der Waals surface area contributed by atoms with Crippen molar-refractivity contribution in [3.8, 4) is 0 Å². The first-order valence-electron chi connectivity index (χ1n) is 10.5. The second-order valence-electron chi connectivity index (χ2n) is 7.86. The highest BCUT2D eigenvalue weighted by molar-refractivity contribution is 7.14. The fourth-order valence-electron chi connectivity index (χ4n) is 4.19. The standard InChI is InChI=1S/C23H28N2O3S/c1-2-17-8-9-20-18(14-17)15-21(29-20)23(27)28-16-22(26)25-12-10-24(11-13-25)19-6-4-3-5-7-19/h3-7,15,17H,2,8-14,16H2,1H3/t17-/m1/s1. The predicted molar refractivity (Wildman–Crippen MR) is 116 cm³/mol. The molecule has 2 heterocycles. The Hall–Kier alpha value is -2.34. The number of thiophene rings is 1. The number of para-hydroxylation sites is 1.